The highest BCUT2D eigenvalue weighted by atomic mass is 79.9. The molecule has 6 nitrogen and oxygen atoms in total. The van der Waals surface area contributed by atoms with Crippen LogP contribution in [0.2, 0.25) is 0 Å². The number of carbonyl (C=O) groups is 3. The Kier molecular flexibility index (Phi) is 6.79. The summed E-state index contributed by atoms with van der Waals surface area (Å²) in [6, 6.07) is 0. The van der Waals surface area contributed by atoms with Gasteiger partial charge in [-0.05, 0) is 20.3 Å². The minimum Gasteiger partial charge on any atom is -0.480 e. The molecule has 0 aromatic heterocycles. The zero-order valence-corrected chi connectivity index (χ0v) is 11.3. The van der Waals surface area contributed by atoms with Gasteiger partial charge in [-0.2, -0.15) is 0 Å². The number of hydrogen-bond donors (Lipinski definition) is 1. The molecule has 0 saturated heterocycles. The molecular formula is C10H15BrO6. The molecule has 17 heavy (non-hydrogen) atoms. The van der Waals surface area contributed by atoms with Gasteiger partial charge in [0.05, 0.1) is 13.2 Å². The van der Waals surface area contributed by atoms with Gasteiger partial charge in [-0.3, -0.25) is 14.4 Å². The molecule has 0 rings (SSSR count). The van der Waals surface area contributed by atoms with E-state index < -0.39 is 23.3 Å². The van der Waals surface area contributed by atoms with E-state index >= 15 is 0 Å². The van der Waals surface area contributed by atoms with Crippen molar-refractivity contribution < 1.29 is 29.0 Å². The first-order chi connectivity index (χ1) is 7.97. The molecule has 1 N–H and O–H groups in total. The average molecular weight is 311 g/mol. The number of alkyl halides is 1. The number of halogens is 1. The summed E-state index contributed by atoms with van der Waals surface area (Å²) < 4.78 is 9.29. The van der Waals surface area contributed by atoms with E-state index in [9.17, 15) is 14.4 Å². The number of rotatable bonds is 7. The smallest absolute Gasteiger partial charge is 0.335 e. The normalized spacial score (nSPS) is 10.8. The number of ether oxygens (including phenoxy) is 2. The van der Waals surface area contributed by atoms with E-state index in [4.69, 9.17) is 5.11 Å². The molecule has 98 valence electrons. The summed E-state index contributed by atoms with van der Waals surface area (Å²) in [5, 5.41) is 9.29. The summed E-state index contributed by atoms with van der Waals surface area (Å²) in [4.78, 5) is 34.6. The van der Waals surface area contributed by atoms with Crippen molar-refractivity contribution >= 4 is 33.8 Å². The topological polar surface area (TPSA) is 89.9 Å². The Morgan fingerprint density at radius 2 is 1.53 bits per heavy atom. The van der Waals surface area contributed by atoms with Crippen molar-refractivity contribution in [1.82, 2.24) is 0 Å². The summed E-state index contributed by atoms with van der Waals surface area (Å²) >= 11 is 3.01. The van der Waals surface area contributed by atoms with Gasteiger partial charge >= 0.3 is 17.9 Å². The Morgan fingerprint density at radius 1 is 1.12 bits per heavy atom. The Labute approximate surface area is 107 Å². The number of carboxylic acids is 1. The van der Waals surface area contributed by atoms with E-state index in [1.807, 2.05) is 0 Å². The van der Waals surface area contributed by atoms with Crippen LogP contribution in [-0.4, -0.2) is 41.6 Å². The first kappa shape index (κ1) is 15.9. The Balaban J connectivity index is 5.33. The number of aliphatic carboxylic acids is 1. The van der Waals surface area contributed by atoms with Crippen molar-refractivity contribution in [2.75, 3.05) is 18.5 Å². The highest BCUT2D eigenvalue weighted by Gasteiger charge is 2.55. The summed E-state index contributed by atoms with van der Waals surface area (Å²) in [6.07, 6.45) is -0.222. The van der Waals surface area contributed by atoms with Gasteiger partial charge in [0.1, 0.15) is 0 Å². The first-order valence-corrected chi connectivity index (χ1v) is 6.23. The standard InChI is InChI=1S/C10H15BrO6/c1-3-16-8(14)10(5-6-11,7(12)13)9(15)17-4-2/h3-6H2,1-2H3,(H,12,13). The molecule has 0 radical (unpaired) electrons. The highest BCUT2D eigenvalue weighted by Crippen LogP contribution is 2.28. The van der Waals surface area contributed by atoms with E-state index in [1.54, 1.807) is 0 Å². The maximum Gasteiger partial charge on any atom is 0.335 e. The lowest BCUT2D eigenvalue weighted by molar-refractivity contribution is -0.181. The van der Waals surface area contributed by atoms with Crippen LogP contribution in [0.4, 0.5) is 0 Å². The van der Waals surface area contributed by atoms with E-state index in [1.165, 1.54) is 13.8 Å². The molecule has 0 fully saturated rings. The Bertz CT molecular complexity index is 283. The maximum absolute atomic E-state index is 11.7. The van der Waals surface area contributed by atoms with Crippen molar-refractivity contribution in [3.05, 3.63) is 0 Å². The SMILES string of the molecule is CCOC(=O)C(CCBr)(C(=O)O)C(=O)OCC. The molecule has 0 aromatic carbocycles. The maximum atomic E-state index is 11.7. The largest absolute Gasteiger partial charge is 0.480 e. The van der Waals surface area contributed by atoms with E-state index in [0.29, 0.717) is 0 Å². The van der Waals surface area contributed by atoms with Gasteiger partial charge in [0.2, 0.25) is 0 Å². The summed E-state index contributed by atoms with van der Waals surface area (Å²) in [5.74, 6) is -3.75. The third kappa shape index (κ3) is 3.42. The van der Waals surface area contributed by atoms with Crippen LogP contribution >= 0.6 is 15.9 Å². The first-order valence-electron chi connectivity index (χ1n) is 5.11. The number of esters is 2. The van der Waals surface area contributed by atoms with E-state index in [0.717, 1.165) is 0 Å². The van der Waals surface area contributed by atoms with Gasteiger partial charge in [-0.15, -0.1) is 0 Å². The van der Waals surface area contributed by atoms with Crippen LogP contribution in [-0.2, 0) is 23.9 Å². The predicted octanol–water partition coefficient (Wildman–Crippen LogP) is 0.969. The molecule has 7 heteroatoms. The Hall–Kier alpha value is -1.11. The molecule has 0 spiro atoms. The number of hydrogen-bond acceptors (Lipinski definition) is 5. The van der Waals surface area contributed by atoms with Crippen molar-refractivity contribution in [2.24, 2.45) is 5.41 Å². The minimum atomic E-state index is -2.28. The number of carboxylic acid groups (broad SMARTS) is 1. The second-order valence-electron chi connectivity index (χ2n) is 3.09. The fraction of sp³-hybridized carbons (Fsp3) is 0.700. The molecule has 0 amide bonds. The quantitative estimate of drug-likeness (QED) is 0.428. The fourth-order valence-corrected chi connectivity index (χ4v) is 1.81. The van der Waals surface area contributed by atoms with Gasteiger partial charge in [-0.25, -0.2) is 0 Å². The molecule has 0 saturated carbocycles. The van der Waals surface area contributed by atoms with Crippen molar-refractivity contribution in [3.8, 4) is 0 Å². The minimum absolute atomic E-state index is 0.00441. The summed E-state index contributed by atoms with van der Waals surface area (Å²) in [6.45, 7) is 3.05. The molecule has 0 aliphatic heterocycles. The van der Waals surface area contributed by atoms with Gasteiger partial charge in [0, 0.05) is 5.33 Å². The van der Waals surface area contributed by atoms with Gasteiger partial charge in [-0.1, -0.05) is 15.9 Å². The molecule has 0 aliphatic rings. The molecule has 0 unspecified atom stereocenters. The second kappa shape index (κ2) is 7.26. The van der Waals surface area contributed by atoms with Crippen LogP contribution in [0.3, 0.4) is 0 Å². The average Bonchev–Trinajstić information content (AvgIpc) is 2.25. The molecule has 0 aromatic rings. The van der Waals surface area contributed by atoms with Gasteiger partial charge in [0.25, 0.3) is 5.41 Å². The van der Waals surface area contributed by atoms with Crippen LogP contribution in [0, 0.1) is 5.41 Å². The fourth-order valence-electron chi connectivity index (χ4n) is 1.22. The van der Waals surface area contributed by atoms with Crippen LogP contribution in [0.5, 0.6) is 0 Å². The molecule has 0 bridgehead atoms. The highest BCUT2D eigenvalue weighted by molar-refractivity contribution is 9.09. The number of carbonyl (C=O) groups excluding carboxylic acids is 2. The second-order valence-corrected chi connectivity index (χ2v) is 3.88. The lowest BCUT2D eigenvalue weighted by atomic mass is 9.85. The van der Waals surface area contributed by atoms with Crippen LogP contribution in [0.1, 0.15) is 20.3 Å². The lowest BCUT2D eigenvalue weighted by Gasteiger charge is -2.23. The molecule has 0 atom stereocenters. The molecule has 0 heterocycles. The van der Waals surface area contributed by atoms with E-state index in [2.05, 4.69) is 25.4 Å². The van der Waals surface area contributed by atoms with Crippen LogP contribution < -0.4 is 0 Å². The summed E-state index contributed by atoms with van der Waals surface area (Å²) in [5.41, 5.74) is -2.28. The summed E-state index contributed by atoms with van der Waals surface area (Å²) in [7, 11) is 0. The van der Waals surface area contributed by atoms with Crippen molar-refractivity contribution in [3.63, 3.8) is 0 Å². The van der Waals surface area contributed by atoms with Gasteiger partial charge < -0.3 is 14.6 Å². The lowest BCUT2D eigenvalue weighted by Crippen LogP contribution is -2.48. The van der Waals surface area contributed by atoms with Crippen LogP contribution in [0.15, 0.2) is 0 Å². The van der Waals surface area contributed by atoms with Crippen molar-refractivity contribution in [1.29, 1.82) is 0 Å². The van der Waals surface area contributed by atoms with Gasteiger partial charge in [0.15, 0.2) is 0 Å². The molecular weight excluding hydrogens is 296 g/mol. The predicted molar refractivity (Wildman–Crippen MR) is 61.7 cm³/mol. The Morgan fingerprint density at radius 3 is 1.76 bits per heavy atom. The zero-order valence-electron chi connectivity index (χ0n) is 9.69. The zero-order chi connectivity index (χ0) is 13.5. The molecule has 0 aliphatic carbocycles. The van der Waals surface area contributed by atoms with E-state index in [-0.39, 0.29) is 25.0 Å². The van der Waals surface area contributed by atoms with Crippen molar-refractivity contribution in [2.45, 2.75) is 20.3 Å². The third-order valence-corrected chi connectivity index (χ3v) is 2.48. The third-order valence-electron chi connectivity index (χ3n) is 2.08. The monoisotopic (exact) mass is 310 g/mol. The van der Waals surface area contributed by atoms with Crippen LogP contribution in [0.25, 0.3) is 0 Å².